The smallest absolute Gasteiger partial charge is 0.368 e. The van der Waals surface area contributed by atoms with Gasteiger partial charge in [-0.25, -0.2) is 8.78 Å². The maximum atomic E-state index is 13.9. The van der Waals surface area contributed by atoms with E-state index < -0.39 is 46.9 Å². The van der Waals surface area contributed by atoms with Crippen LogP contribution in [0, 0.1) is 17.6 Å². The first kappa shape index (κ1) is 20.2. The Morgan fingerprint density at radius 1 is 1.29 bits per heavy atom. The van der Waals surface area contributed by atoms with Crippen molar-refractivity contribution in [1.29, 1.82) is 0 Å². The lowest BCUT2D eigenvalue weighted by atomic mass is 9.88. The first-order chi connectivity index (χ1) is 13.0. The molecule has 0 radical (unpaired) electrons. The highest BCUT2D eigenvalue weighted by Crippen LogP contribution is 2.41. The van der Waals surface area contributed by atoms with E-state index >= 15 is 0 Å². The molecule has 28 heavy (non-hydrogen) atoms. The molecule has 2 aromatic rings. The van der Waals surface area contributed by atoms with Gasteiger partial charge in [-0.1, -0.05) is 18.3 Å². The molecule has 1 aromatic carbocycles. The molecular weight excluding hydrogens is 403 g/mol. The lowest BCUT2D eigenvalue weighted by molar-refractivity contribution is -0.144. The molecular formula is C17H15F5N4OS. The summed E-state index contributed by atoms with van der Waals surface area (Å²) in [6, 6.07) is 3.23. The van der Waals surface area contributed by atoms with Gasteiger partial charge in [-0.2, -0.15) is 18.3 Å². The maximum absolute atomic E-state index is 13.9. The summed E-state index contributed by atoms with van der Waals surface area (Å²) < 4.78 is 68.3. The van der Waals surface area contributed by atoms with Crippen molar-refractivity contribution in [2.45, 2.75) is 12.1 Å². The Hall–Kier alpha value is -2.56. The Balaban J connectivity index is 1.98. The van der Waals surface area contributed by atoms with Gasteiger partial charge in [0.1, 0.15) is 5.69 Å². The Bertz CT molecular complexity index is 942. The molecule has 11 heteroatoms. The van der Waals surface area contributed by atoms with Crippen LogP contribution in [0.4, 0.5) is 27.6 Å². The van der Waals surface area contributed by atoms with E-state index in [9.17, 15) is 26.7 Å². The molecule has 0 unspecified atom stereocenters. The van der Waals surface area contributed by atoms with Crippen molar-refractivity contribution in [1.82, 2.24) is 14.7 Å². The summed E-state index contributed by atoms with van der Waals surface area (Å²) in [5.74, 6) is -5.36. The third-order valence-electron chi connectivity index (χ3n) is 4.64. The van der Waals surface area contributed by atoms with Gasteiger partial charge < -0.3 is 10.2 Å². The number of hydrogen-bond acceptors (Lipinski definition) is 3. The molecule has 1 aromatic heterocycles. The van der Waals surface area contributed by atoms with Gasteiger partial charge in [-0.3, -0.25) is 9.48 Å². The Labute approximate surface area is 162 Å². The third kappa shape index (κ3) is 3.46. The van der Waals surface area contributed by atoms with E-state index in [0.29, 0.717) is 4.68 Å². The van der Waals surface area contributed by atoms with Crippen LogP contribution in [0.15, 0.2) is 24.4 Å². The fraction of sp³-hybridized carbons (Fsp3) is 0.353. The maximum Gasteiger partial charge on any atom is 0.433 e. The number of aryl methyl sites for hydroxylation is 1. The molecule has 1 aliphatic heterocycles. The molecule has 2 atom stereocenters. The quantitative estimate of drug-likeness (QED) is 0.614. The van der Waals surface area contributed by atoms with E-state index in [1.807, 2.05) is 0 Å². The van der Waals surface area contributed by atoms with Gasteiger partial charge in [0.05, 0.1) is 22.8 Å². The first-order valence-corrected chi connectivity index (χ1v) is 8.52. The van der Waals surface area contributed by atoms with Crippen LogP contribution in [0.1, 0.15) is 17.2 Å². The summed E-state index contributed by atoms with van der Waals surface area (Å²) in [5.41, 5.74) is -1.57. The molecule has 0 saturated carbocycles. The fourth-order valence-corrected chi connectivity index (χ4v) is 3.70. The van der Waals surface area contributed by atoms with Crippen LogP contribution in [-0.4, -0.2) is 39.2 Å². The second kappa shape index (κ2) is 7.12. The molecule has 1 saturated heterocycles. The number of carbonyl (C=O) groups is 1. The highest BCUT2D eigenvalue weighted by atomic mass is 32.1. The predicted molar refractivity (Wildman–Crippen MR) is 94.7 cm³/mol. The number of likely N-dealkylation sites (tertiary alicyclic amines) is 1. The molecule has 2 heterocycles. The largest absolute Gasteiger partial charge is 0.433 e. The van der Waals surface area contributed by atoms with Crippen molar-refractivity contribution >= 4 is 28.8 Å². The minimum Gasteiger partial charge on any atom is -0.368 e. The molecule has 3 rings (SSSR count). The van der Waals surface area contributed by atoms with Gasteiger partial charge in [0.15, 0.2) is 11.6 Å². The van der Waals surface area contributed by atoms with E-state index in [-0.39, 0.29) is 17.1 Å². The number of nitrogens with zero attached hydrogens (tertiary/aromatic N) is 3. The summed E-state index contributed by atoms with van der Waals surface area (Å²) in [7, 11) is 2.70. The van der Waals surface area contributed by atoms with Crippen molar-refractivity contribution in [3.05, 3.63) is 47.3 Å². The van der Waals surface area contributed by atoms with Gasteiger partial charge in [0.2, 0.25) is 5.91 Å². The number of alkyl halides is 3. The molecule has 0 spiro atoms. The second-order valence-corrected chi connectivity index (χ2v) is 6.88. The van der Waals surface area contributed by atoms with Crippen molar-refractivity contribution in [3.8, 4) is 0 Å². The van der Waals surface area contributed by atoms with Crippen molar-refractivity contribution in [3.63, 3.8) is 0 Å². The molecule has 0 bridgehead atoms. The van der Waals surface area contributed by atoms with Crippen LogP contribution >= 0.6 is 12.2 Å². The molecule has 1 aliphatic rings. The Morgan fingerprint density at radius 2 is 1.96 bits per heavy atom. The van der Waals surface area contributed by atoms with Crippen LogP contribution in [0.5, 0.6) is 0 Å². The van der Waals surface area contributed by atoms with Crippen molar-refractivity contribution in [2.24, 2.45) is 13.0 Å². The number of rotatable bonds is 3. The summed E-state index contributed by atoms with van der Waals surface area (Å²) in [5, 5.41) is 5.91. The number of carbonyl (C=O) groups excluding carboxylic acids is 1. The lowest BCUT2D eigenvalue weighted by Crippen LogP contribution is -2.32. The normalized spacial score (nSPS) is 20.0. The highest BCUT2D eigenvalue weighted by Gasteiger charge is 2.47. The number of aromatic nitrogens is 2. The molecule has 0 aliphatic carbocycles. The number of amides is 1. The van der Waals surface area contributed by atoms with Gasteiger partial charge in [0, 0.05) is 32.1 Å². The number of anilines is 1. The topological polar surface area (TPSA) is 50.2 Å². The summed E-state index contributed by atoms with van der Waals surface area (Å²) in [6.07, 6.45) is -3.63. The minimum atomic E-state index is -4.68. The third-order valence-corrected chi connectivity index (χ3v) is 5.21. The summed E-state index contributed by atoms with van der Waals surface area (Å²) in [6.45, 7) is 0.0529. The van der Waals surface area contributed by atoms with Gasteiger partial charge in [-0.15, -0.1) is 0 Å². The van der Waals surface area contributed by atoms with E-state index in [4.69, 9.17) is 12.2 Å². The fourth-order valence-electron chi connectivity index (χ4n) is 3.36. The number of likely N-dealkylation sites (N-methyl/N-ethyl adjacent to an activating group) is 1. The molecule has 1 N–H and O–H groups in total. The SMILES string of the molecule is CN1C[C@H](c2cnn(C)c2C(F)(F)F)[C@@H](C(=O)Nc2cccc(F)c2F)C1=S. The van der Waals surface area contributed by atoms with Gasteiger partial charge in [0.25, 0.3) is 0 Å². The summed E-state index contributed by atoms with van der Waals surface area (Å²) >= 11 is 5.22. The van der Waals surface area contributed by atoms with Crippen LogP contribution in [0.25, 0.3) is 0 Å². The molecule has 1 amide bonds. The lowest BCUT2D eigenvalue weighted by Gasteiger charge is -2.19. The Morgan fingerprint density at radius 3 is 2.61 bits per heavy atom. The summed E-state index contributed by atoms with van der Waals surface area (Å²) in [4.78, 5) is 14.4. The number of nitrogens with one attached hydrogen (secondary N) is 1. The number of hydrogen-bond donors (Lipinski definition) is 1. The zero-order chi connectivity index (χ0) is 20.8. The van der Waals surface area contributed by atoms with Crippen molar-refractivity contribution in [2.75, 3.05) is 18.9 Å². The van der Waals surface area contributed by atoms with Crippen LogP contribution in [0.3, 0.4) is 0 Å². The average molecular weight is 418 g/mol. The number of benzene rings is 1. The highest BCUT2D eigenvalue weighted by molar-refractivity contribution is 7.80. The van der Waals surface area contributed by atoms with Crippen LogP contribution in [0.2, 0.25) is 0 Å². The standard InChI is InChI=1S/C17H15F5N4OS/c1-25-7-9(8-6-23-26(2)14(8)17(20,21)22)12(16(25)28)15(27)24-11-5-3-4-10(18)13(11)19/h3-6,9,12H,7H2,1-2H3,(H,24,27)/t9-,12+/m1/s1. The van der Waals surface area contributed by atoms with E-state index in [0.717, 1.165) is 25.4 Å². The molecule has 5 nitrogen and oxygen atoms in total. The van der Waals surface area contributed by atoms with E-state index in [1.165, 1.54) is 11.0 Å². The molecule has 1 fully saturated rings. The van der Waals surface area contributed by atoms with Crippen molar-refractivity contribution < 1.29 is 26.7 Å². The second-order valence-electron chi connectivity index (χ2n) is 6.46. The number of thiocarbonyl (C=S) groups is 1. The van der Waals surface area contributed by atoms with Gasteiger partial charge in [-0.05, 0) is 12.1 Å². The van der Waals surface area contributed by atoms with E-state index in [2.05, 4.69) is 10.4 Å². The predicted octanol–water partition coefficient (Wildman–Crippen LogP) is 3.33. The first-order valence-electron chi connectivity index (χ1n) is 8.11. The Kier molecular flexibility index (Phi) is 5.13. The number of halogens is 5. The van der Waals surface area contributed by atoms with Crippen LogP contribution < -0.4 is 5.32 Å². The van der Waals surface area contributed by atoms with Gasteiger partial charge >= 0.3 is 6.18 Å². The minimum absolute atomic E-state index is 0.0529. The monoisotopic (exact) mass is 418 g/mol. The zero-order valence-corrected chi connectivity index (χ0v) is 15.5. The average Bonchev–Trinajstić information content (AvgIpc) is 3.12. The molecule has 150 valence electrons. The van der Waals surface area contributed by atoms with E-state index in [1.54, 1.807) is 7.05 Å². The zero-order valence-electron chi connectivity index (χ0n) is 14.7. The van der Waals surface area contributed by atoms with Crippen LogP contribution in [-0.2, 0) is 18.0 Å².